The molecule has 0 aromatic carbocycles. The predicted octanol–water partition coefficient (Wildman–Crippen LogP) is 0.331. The van der Waals surface area contributed by atoms with Gasteiger partial charge in [0.05, 0.1) is 6.04 Å². The van der Waals surface area contributed by atoms with Gasteiger partial charge in [0.2, 0.25) is 0 Å². The lowest BCUT2D eigenvalue weighted by atomic mass is 10.1. The van der Waals surface area contributed by atoms with Crippen molar-refractivity contribution < 1.29 is 0 Å². The minimum absolute atomic E-state index is 0.301. The highest BCUT2D eigenvalue weighted by Gasteiger charge is 2.21. The molecule has 2 heterocycles. The zero-order valence-electron chi connectivity index (χ0n) is 8.06. The second kappa shape index (κ2) is 3.41. The quantitative estimate of drug-likeness (QED) is 0.714. The molecule has 1 saturated heterocycles. The summed E-state index contributed by atoms with van der Waals surface area (Å²) in [6, 6.07) is 0.301. The van der Waals surface area contributed by atoms with E-state index in [4.69, 9.17) is 0 Å². The largest absolute Gasteiger partial charge is 0.316 e. The van der Waals surface area contributed by atoms with Crippen molar-refractivity contribution in [1.29, 1.82) is 0 Å². The van der Waals surface area contributed by atoms with Crippen molar-refractivity contribution in [2.24, 2.45) is 0 Å². The normalized spacial score (nSPS) is 22.8. The van der Waals surface area contributed by atoms with Crippen molar-refractivity contribution in [1.82, 2.24) is 25.5 Å². The van der Waals surface area contributed by atoms with Crippen LogP contribution in [0.15, 0.2) is 0 Å². The van der Waals surface area contributed by atoms with Gasteiger partial charge in [0.25, 0.3) is 0 Å². The molecule has 1 aliphatic rings. The van der Waals surface area contributed by atoms with Gasteiger partial charge in [-0.1, -0.05) is 0 Å². The Labute approximate surface area is 77.5 Å². The van der Waals surface area contributed by atoms with Crippen molar-refractivity contribution in [2.75, 3.05) is 13.1 Å². The van der Waals surface area contributed by atoms with Gasteiger partial charge in [-0.3, -0.25) is 0 Å². The van der Waals surface area contributed by atoms with Crippen LogP contribution in [0, 0.1) is 0 Å². The molecule has 1 fully saturated rings. The fourth-order valence-corrected chi connectivity index (χ4v) is 1.49. The fraction of sp³-hybridized carbons (Fsp3) is 0.875. The summed E-state index contributed by atoms with van der Waals surface area (Å²) in [6.45, 7) is 6.17. The van der Waals surface area contributed by atoms with E-state index >= 15 is 0 Å². The van der Waals surface area contributed by atoms with Crippen LogP contribution >= 0.6 is 0 Å². The molecule has 0 aliphatic carbocycles. The van der Waals surface area contributed by atoms with Gasteiger partial charge in [-0.15, -0.1) is 10.2 Å². The maximum absolute atomic E-state index is 4.35. The second-order valence-electron chi connectivity index (χ2n) is 3.75. The molecule has 1 aromatic heterocycles. The summed E-state index contributed by atoms with van der Waals surface area (Å²) < 4.78 is 0. The second-order valence-corrected chi connectivity index (χ2v) is 3.75. The van der Waals surface area contributed by atoms with Gasteiger partial charge in [0, 0.05) is 12.5 Å². The van der Waals surface area contributed by atoms with E-state index in [0.717, 1.165) is 25.3 Å². The van der Waals surface area contributed by atoms with E-state index in [1.165, 1.54) is 0 Å². The summed E-state index contributed by atoms with van der Waals surface area (Å²) in [5.41, 5.74) is 0. The van der Waals surface area contributed by atoms with Crippen LogP contribution in [-0.2, 0) is 0 Å². The molecule has 5 nitrogen and oxygen atoms in total. The Morgan fingerprint density at radius 2 is 2.38 bits per heavy atom. The van der Waals surface area contributed by atoms with Gasteiger partial charge in [-0.2, -0.15) is 4.80 Å². The van der Waals surface area contributed by atoms with E-state index in [1.807, 2.05) is 0 Å². The molecule has 5 heteroatoms. The lowest BCUT2D eigenvalue weighted by Crippen LogP contribution is -2.10. The van der Waals surface area contributed by atoms with Gasteiger partial charge >= 0.3 is 0 Å². The monoisotopic (exact) mass is 181 g/mol. The molecule has 1 unspecified atom stereocenters. The minimum atomic E-state index is 0.301. The van der Waals surface area contributed by atoms with Crippen molar-refractivity contribution >= 4 is 0 Å². The van der Waals surface area contributed by atoms with Crippen molar-refractivity contribution in [3.05, 3.63) is 5.82 Å². The minimum Gasteiger partial charge on any atom is -0.316 e. The lowest BCUT2D eigenvalue weighted by Gasteiger charge is -2.01. The van der Waals surface area contributed by atoms with Crippen LogP contribution in [0.2, 0.25) is 0 Å². The maximum Gasteiger partial charge on any atom is 0.179 e. The molecule has 13 heavy (non-hydrogen) atoms. The summed E-state index contributed by atoms with van der Waals surface area (Å²) in [5, 5.41) is 15.7. The topological polar surface area (TPSA) is 55.6 Å². The molecule has 0 spiro atoms. The van der Waals surface area contributed by atoms with Crippen LogP contribution in [0.5, 0.6) is 0 Å². The Bertz CT molecular complexity index is 274. The van der Waals surface area contributed by atoms with Gasteiger partial charge in [0.1, 0.15) is 0 Å². The Balaban J connectivity index is 2.12. The smallest absolute Gasteiger partial charge is 0.179 e. The highest BCUT2D eigenvalue weighted by atomic mass is 15.6. The van der Waals surface area contributed by atoms with Gasteiger partial charge in [0.15, 0.2) is 5.82 Å². The fourth-order valence-electron chi connectivity index (χ4n) is 1.49. The molecule has 0 amide bonds. The number of hydrogen-bond acceptors (Lipinski definition) is 4. The molecule has 0 bridgehead atoms. The summed E-state index contributed by atoms with van der Waals surface area (Å²) in [7, 11) is 0. The van der Waals surface area contributed by atoms with Crippen LogP contribution < -0.4 is 5.32 Å². The van der Waals surface area contributed by atoms with Gasteiger partial charge in [-0.05, 0) is 32.0 Å². The van der Waals surface area contributed by atoms with Crippen LogP contribution in [0.3, 0.4) is 0 Å². The summed E-state index contributed by atoms with van der Waals surface area (Å²) in [4.78, 5) is 1.67. The van der Waals surface area contributed by atoms with Crippen LogP contribution in [0.4, 0.5) is 0 Å². The van der Waals surface area contributed by atoms with Crippen molar-refractivity contribution in [3.63, 3.8) is 0 Å². The highest BCUT2D eigenvalue weighted by Crippen LogP contribution is 2.17. The highest BCUT2D eigenvalue weighted by molar-refractivity contribution is 4.96. The summed E-state index contributed by atoms with van der Waals surface area (Å²) >= 11 is 0. The Hall–Kier alpha value is -0.970. The van der Waals surface area contributed by atoms with E-state index in [2.05, 4.69) is 34.6 Å². The SMILES string of the molecule is CC(C)n1nnc(C2CCNC2)n1. The van der Waals surface area contributed by atoms with Crippen molar-refractivity contribution in [3.8, 4) is 0 Å². The average molecular weight is 181 g/mol. The lowest BCUT2D eigenvalue weighted by molar-refractivity contribution is 0.452. The first-order chi connectivity index (χ1) is 6.27. The number of hydrogen-bond donors (Lipinski definition) is 1. The van der Waals surface area contributed by atoms with Crippen LogP contribution in [0.25, 0.3) is 0 Å². The number of rotatable bonds is 2. The Morgan fingerprint density at radius 1 is 1.54 bits per heavy atom. The van der Waals surface area contributed by atoms with E-state index < -0.39 is 0 Å². The standard InChI is InChI=1S/C8H15N5/c1-6(2)13-11-8(10-12-13)7-3-4-9-5-7/h6-7,9H,3-5H2,1-2H3. The molecule has 1 aromatic rings. The molecular weight excluding hydrogens is 166 g/mol. The zero-order valence-corrected chi connectivity index (χ0v) is 8.06. The number of tetrazole rings is 1. The maximum atomic E-state index is 4.35. The first-order valence-corrected chi connectivity index (χ1v) is 4.77. The Morgan fingerprint density at radius 3 is 2.92 bits per heavy atom. The van der Waals surface area contributed by atoms with Gasteiger partial charge < -0.3 is 5.32 Å². The number of nitrogens with zero attached hydrogens (tertiary/aromatic N) is 4. The van der Waals surface area contributed by atoms with Crippen LogP contribution in [-0.4, -0.2) is 33.3 Å². The zero-order chi connectivity index (χ0) is 9.26. The molecule has 0 radical (unpaired) electrons. The van der Waals surface area contributed by atoms with E-state index in [9.17, 15) is 0 Å². The number of aromatic nitrogens is 4. The van der Waals surface area contributed by atoms with Gasteiger partial charge in [-0.25, -0.2) is 0 Å². The molecule has 1 N–H and O–H groups in total. The molecule has 72 valence electrons. The molecular formula is C8H15N5. The third-order valence-corrected chi connectivity index (χ3v) is 2.33. The first kappa shape index (κ1) is 8.62. The molecule has 0 saturated carbocycles. The van der Waals surface area contributed by atoms with E-state index in [-0.39, 0.29) is 0 Å². The first-order valence-electron chi connectivity index (χ1n) is 4.77. The predicted molar refractivity (Wildman–Crippen MR) is 48.4 cm³/mol. The van der Waals surface area contributed by atoms with Crippen LogP contribution in [0.1, 0.15) is 38.1 Å². The van der Waals surface area contributed by atoms with E-state index in [0.29, 0.717) is 12.0 Å². The average Bonchev–Trinajstić information content (AvgIpc) is 2.75. The molecule has 2 rings (SSSR count). The molecule has 1 aliphatic heterocycles. The number of nitrogens with one attached hydrogen (secondary N) is 1. The molecule has 1 atom stereocenters. The third kappa shape index (κ3) is 1.70. The summed E-state index contributed by atoms with van der Waals surface area (Å²) in [6.07, 6.45) is 1.13. The third-order valence-electron chi connectivity index (χ3n) is 2.33. The Kier molecular flexibility index (Phi) is 2.26. The van der Waals surface area contributed by atoms with E-state index in [1.54, 1.807) is 4.80 Å². The summed E-state index contributed by atoms with van der Waals surface area (Å²) in [5.74, 6) is 1.35. The van der Waals surface area contributed by atoms with Crippen molar-refractivity contribution in [2.45, 2.75) is 32.2 Å².